The second kappa shape index (κ2) is 15.0. The van der Waals surface area contributed by atoms with Gasteiger partial charge in [0.2, 0.25) is 0 Å². The van der Waals surface area contributed by atoms with Gasteiger partial charge in [0.1, 0.15) is 0 Å². The van der Waals surface area contributed by atoms with E-state index in [-0.39, 0.29) is 0 Å². The largest absolute Gasteiger partial charge is 0.310 e. The third-order valence-corrected chi connectivity index (χ3v) is 11.0. The molecule has 10 rings (SSSR count). The Balaban J connectivity index is 1.16. The molecule has 0 aliphatic heterocycles. The van der Waals surface area contributed by atoms with Gasteiger partial charge in [-0.15, -0.1) is 0 Å². The molecule has 0 aromatic heterocycles. The Bertz CT molecular complexity index is 2920. The van der Waals surface area contributed by atoms with Gasteiger partial charge in [-0.3, -0.25) is 0 Å². The van der Waals surface area contributed by atoms with Gasteiger partial charge >= 0.3 is 0 Å². The molecule has 268 valence electrons. The number of rotatable bonds is 8. The summed E-state index contributed by atoms with van der Waals surface area (Å²) in [6.07, 6.45) is 0. The smallest absolute Gasteiger partial charge is 0.0540 e. The van der Waals surface area contributed by atoms with E-state index < -0.39 is 0 Å². The van der Waals surface area contributed by atoms with Crippen molar-refractivity contribution in [2.45, 2.75) is 0 Å². The Morgan fingerprint density at radius 2 is 0.632 bits per heavy atom. The fourth-order valence-electron chi connectivity index (χ4n) is 8.19. The summed E-state index contributed by atoms with van der Waals surface area (Å²) in [4.78, 5) is 2.43. The minimum Gasteiger partial charge on any atom is -0.310 e. The molecule has 0 aliphatic rings. The van der Waals surface area contributed by atoms with Crippen LogP contribution in [0.3, 0.4) is 0 Å². The summed E-state index contributed by atoms with van der Waals surface area (Å²) in [5.41, 5.74) is 15.2. The van der Waals surface area contributed by atoms with Crippen molar-refractivity contribution in [1.29, 1.82) is 0 Å². The van der Waals surface area contributed by atoms with Crippen LogP contribution in [0, 0.1) is 0 Å². The number of hydrogen-bond acceptors (Lipinski definition) is 1. The molecule has 0 saturated heterocycles. The van der Waals surface area contributed by atoms with Crippen LogP contribution in [0.25, 0.3) is 77.2 Å². The van der Waals surface area contributed by atoms with E-state index in [2.05, 4.69) is 241 Å². The highest BCUT2D eigenvalue weighted by Gasteiger charge is 2.19. The van der Waals surface area contributed by atoms with E-state index >= 15 is 0 Å². The summed E-state index contributed by atoms with van der Waals surface area (Å²) in [6.45, 7) is 0. The zero-order chi connectivity index (χ0) is 38.0. The van der Waals surface area contributed by atoms with E-state index in [0.717, 1.165) is 17.1 Å². The highest BCUT2D eigenvalue weighted by atomic mass is 15.1. The lowest BCUT2D eigenvalue weighted by atomic mass is 9.93. The Morgan fingerprint density at radius 3 is 1.21 bits per heavy atom. The molecule has 0 N–H and O–H groups in total. The van der Waals surface area contributed by atoms with E-state index in [1.54, 1.807) is 0 Å². The van der Waals surface area contributed by atoms with Crippen LogP contribution >= 0.6 is 0 Å². The van der Waals surface area contributed by atoms with Crippen LogP contribution in [0.15, 0.2) is 237 Å². The molecular weight excluding hydrogens is 687 g/mol. The summed E-state index contributed by atoms with van der Waals surface area (Å²) in [5.74, 6) is 0. The first-order valence-corrected chi connectivity index (χ1v) is 19.6. The minimum absolute atomic E-state index is 1.09. The maximum absolute atomic E-state index is 2.43. The summed E-state index contributed by atoms with van der Waals surface area (Å²) in [5, 5.41) is 4.87. The second-order valence-corrected chi connectivity index (χ2v) is 14.6. The van der Waals surface area contributed by atoms with Gasteiger partial charge in [0, 0.05) is 16.8 Å². The lowest BCUT2D eigenvalue weighted by Crippen LogP contribution is -2.11. The number of nitrogens with zero attached hydrogens (tertiary/aromatic N) is 1. The van der Waals surface area contributed by atoms with Gasteiger partial charge in [-0.1, -0.05) is 182 Å². The SMILES string of the molecule is c1ccc(-c2cc(-c3ccccc3)cc(-c3ccc(N(c4cc(-c5ccccc5)cc(-c5cccc6ccccc56)c4)c4cccc5ccccc45)cc3)c2)cc1. The molecule has 0 atom stereocenters. The van der Waals surface area contributed by atoms with E-state index in [9.17, 15) is 0 Å². The average Bonchev–Trinajstić information content (AvgIpc) is 3.30. The van der Waals surface area contributed by atoms with E-state index in [1.807, 2.05) is 0 Å². The first-order valence-electron chi connectivity index (χ1n) is 19.6. The van der Waals surface area contributed by atoms with Crippen molar-refractivity contribution >= 4 is 38.6 Å². The molecule has 0 unspecified atom stereocenters. The van der Waals surface area contributed by atoms with Gasteiger partial charge in [0.25, 0.3) is 0 Å². The van der Waals surface area contributed by atoms with Crippen molar-refractivity contribution in [2.24, 2.45) is 0 Å². The van der Waals surface area contributed by atoms with E-state index in [1.165, 1.54) is 77.2 Å². The molecule has 57 heavy (non-hydrogen) atoms. The fourth-order valence-corrected chi connectivity index (χ4v) is 8.19. The lowest BCUT2D eigenvalue weighted by Gasteiger charge is -2.28. The summed E-state index contributed by atoms with van der Waals surface area (Å²) in [7, 11) is 0. The molecule has 1 nitrogen and oxygen atoms in total. The predicted molar refractivity (Wildman–Crippen MR) is 243 cm³/mol. The lowest BCUT2D eigenvalue weighted by molar-refractivity contribution is 1.30. The third-order valence-electron chi connectivity index (χ3n) is 11.0. The highest BCUT2D eigenvalue weighted by Crippen LogP contribution is 2.44. The topological polar surface area (TPSA) is 3.24 Å². The van der Waals surface area contributed by atoms with Crippen LogP contribution in [0.1, 0.15) is 0 Å². The maximum Gasteiger partial charge on any atom is 0.0540 e. The minimum atomic E-state index is 1.09. The Hall–Kier alpha value is -7.48. The van der Waals surface area contributed by atoms with E-state index in [4.69, 9.17) is 0 Å². The second-order valence-electron chi connectivity index (χ2n) is 14.6. The van der Waals surface area contributed by atoms with Crippen LogP contribution in [-0.4, -0.2) is 0 Å². The van der Waals surface area contributed by atoms with Gasteiger partial charge in [-0.25, -0.2) is 0 Å². The van der Waals surface area contributed by atoms with Crippen molar-refractivity contribution in [3.05, 3.63) is 237 Å². The van der Waals surface area contributed by atoms with Gasteiger partial charge in [-0.2, -0.15) is 0 Å². The molecule has 10 aromatic carbocycles. The van der Waals surface area contributed by atoms with Gasteiger partial charge in [0.15, 0.2) is 0 Å². The Kier molecular flexibility index (Phi) is 8.95. The molecule has 0 bridgehead atoms. The molecule has 0 amide bonds. The van der Waals surface area contributed by atoms with Crippen molar-refractivity contribution in [3.63, 3.8) is 0 Å². The third kappa shape index (κ3) is 6.77. The number of hydrogen-bond donors (Lipinski definition) is 0. The molecule has 0 saturated carbocycles. The van der Waals surface area contributed by atoms with Crippen molar-refractivity contribution in [2.75, 3.05) is 4.90 Å². The van der Waals surface area contributed by atoms with E-state index in [0.29, 0.717) is 0 Å². The molecule has 0 spiro atoms. The first kappa shape index (κ1) is 34.0. The van der Waals surface area contributed by atoms with Crippen molar-refractivity contribution < 1.29 is 0 Å². The fraction of sp³-hybridized carbons (Fsp3) is 0. The molecule has 0 radical (unpaired) electrons. The van der Waals surface area contributed by atoms with Crippen LogP contribution in [0.4, 0.5) is 17.1 Å². The number of fused-ring (bicyclic) bond motifs is 2. The van der Waals surface area contributed by atoms with Crippen LogP contribution in [-0.2, 0) is 0 Å². The number of benzene rings is 10. The molecule has 0 aliphatic carbocycles. The molecule has 10 aromatic rings. The molecule has 0 heterocycles. The predicted octanol–water partition coefficient (Wildman–Crippen LogP) is 15.8. The Labute approximate surface area is 334 Å². The molecule has 1 heteroatoms. The zero-order valence-electron chi connectivity index (χ0n) is 31.5. The monoisotopic (exact) mass is 725 g/mol. The van der Waals surface area contributed by atoms with Crippen LogP contribution < -0.4 is 4.90 Å². The van der Waals surface area contributed by atoms with Crippen molar-refractivity contribution in [3.8, 4) is 55.6 Å². The average molecular weight is 726 g/mol. The van der Waals surface area contributed by atoms with Crippen LogP contribution in [0.5, 0.6) is 0 Å². The first-order chi connectivity index (χ1) is 28.2. The number of anilines is 3. The van der Waals surface area contributed by atoms with Crippen molar-refractivity contribution in [1.82, 2.24) is 0 Å². The normalized spacial score (nSPS) is 11.2. The summed E-state index contributed by atoms with van der Waals surface area (Å²) in [6, 6.07) is 85.8. The standard InChI is InChI=1S/C56H39N/c1-4-16-40(17-5-1)46-34-47(41-18-6-2-7-19-41)36-48(35-46)43-30-32-51(33-31-43)57(56-29-15-25-45-23-11-13-27-55(45)56)52-38-49(42-20-8-3-9-21-42)37-50(39-52)54-28-14-24-44-22-10-12-26-53(44)54/h1-39H. The summed E-state index contributed by atoms with van der Waals surface area (Å²) < 4.78 is 0. The quantitative estimate of drug-likeness (QED) is 0.151. The highest BCUT2D eigenvalue weighted by molar-refractivity contribution is 6.02. The van der Waals surface area contributed by atoms with Gasteiger partial charge in [-0.05, 0) is 126 Å². The maximum atomic E-state index is 2.43. The molecular formula is C56H39N. The van der Waals surface area contributed by atoms with Gasteiger partial charge in [0.05, 0.1) is 5.69 Å². The van der Waals surface area contributed by atoms with Crippen LogP contribution in [0.2, 0.25) is 0 Å². The Morgan fingerprint density at radius 1 is 0.228 bits per heavy atom. The summed E-state index contributed by atoms with van der Waals surface area (Å²) >= 11 is 0. The molecule has 0 fully saturated rings. The van der Waals surface area contributed by atoms with Gasteiger partial charge < -0.3 is 4.90 Å². The zero-order valence-corrected chi connectivity index (χ0v) is 31.5.